The predicted molar refractivity (Wildman–Crippen MR) is 64.0 cm³/mol. The molecular formula is C13H19BrO. The molecule has 4 saturated carbocycles. The number of rotatable bonds is 2. The first-order valence-electron chi connectivity index (χ1n) is 6.25. The summed E-state index contributed by atoms with van der Waals surface area (Å²) in [7, 11) is 0. The second kappa shape index (κ2) is 3.32. The lowest BCUT2D eigenvalue weighted by Gasteiger charge is -2.59. The van der Waals surface area contributed by atoms with Crippen LogP contribution in [-0.4, -0.2) is 11.1 Å². The fraction of sp³-hybridized carbons (Fsp3) is 0.923. The lowest BCUT2D eigenvalue weighted by molar-refractivity contribution is -0.152. The quantitative estimate of drug-likeness (QED) is 0.703. The van der Waals surface area contributed by atoms with Crippen molar-refractivity contribution in [3.63, 3.8) is 0 Å². The van der Waals surface area contributed by atoms with Gasteiger partial charge in [-0.3, -0.25) is 4.79 Å². The van der Waals surface area contributed by atoms with E-state index in [-0.39, 0.29) is 5.41 Å². The minimum atomic E-state index is 0.0816. The summed E-state index contributed by atoms with van der Waals surface area (Å²) in [5.74, 6) is 3.76. The van der Waals surface area contributed by atoms with Gasteiger partial charge in [-0.25, -0.2) is 0 Å². The van der Waals surface area contributed by atoms with Crippen LogP contribution in [0.5, 0.6) is 0 Å². The first kappa shape index (κ1) is 10.3. The molecule has 0 saturated heterocycles. The Morgan fingerprint density at radius 3 is 2.40 bits per heavy atom. The van der Waals surface area contributed by atoms with Crippen molar-refractivity contribution in [1.29, 1.82) is 0 Å². The standard InChI is InChI=1S/C13H19BrO/c1-8-11-3-9-2-10(4-11)6-13(8,5-9)12(15)7-14/h8-11H,2-7H2,1H3. The van der Waals surface area contributed by atoms with Gasteiger partial charge >= 0.3 is 0 Å². The van der Waals surface area contributed by atoms with Crippen LogP contribution in [-0.2, 0) is 4.79 Å². The van der Waals surface area contributed by atoms with Crippen LogP contribution < -0.4 is 0 Å². The normalized spacial score (nSPS) is 52.1. The van der Waals surface area contributed by atoms with E-state index >= 15 is 0 Å². The maximum Gasteiger partial charge on any atom is 0.149 e. The maximum absolute atomic E-state index is 12.2. The highest BCUT2D eigenvalue weighted by Crippen LogP contribution is 2.63. The molecule has 0 spiro atoms. The topological polar surface area (TPSA) is 17.1 Å². The number of alkyl halides is 1. The minimum Gasteiger partial charge on any atom is -0.298 e. The van der Waals surface area contributed by atoms with Crippen LogP contribution in [0, 0.1) is 29.1 Å². The van der Waals surface area contributed by atoms with E-state index < -0.39 is 0 Å². The molecule has 15 heavy (non-hydrogen) atoms. The average molecular weight is 271 g/mol. The number of hydrogen-bond donors (Lipinski definition) is 0. The molecular weight excluding hydrogens is 252 g/mol. The van der Waals surface area contributed by atoms with Gasteiger partial charge in [0.1, 0.15) is 5.78 Å². The highest BCUT2D eigenvalue weighted by Gasteiger charge is 2.57. The van der Waals surface area contributed by atoms with Crippen molar-refractivity contribution in [3.05, 3.63) is 0 Å². The zero-order valence-corrected chi connectivity index (χ0v) is 10.9. The second-order valence-corrected chi connectivity index (χ2v) is 6.67. The Morgan fingerprint density at radius 2 is 1.87 bits per heavy atom. The smallest absolute Gasteiger partial charge is 0.149 e. The van der Waals surface area contributed by atoms with Gasteiger partial charge in [-0.2, -0.15) is 0 Å². The van der Waals surface area contributed by atoms with Crippen molar-refractivity contribution < 1.29 is 4.79 Å². The summed E-state index contributed by atoms with van der Waals surface area (Å²) in [5, 5.41) is 0.573. The van der Waals surface area contributed by atoms with Crippen LogP contribution in [0.4, 0.5) is 0 Å². The number of carbonyl (C=O) groups is 1. The van der Waals surface area contributed by atoms with Gasteiger partial charge in [0.15, 0.2) is 0 Å². The van der Waals surface area contributed by atoms with Crippen LogP contribution in [0.1, 0.15) is 39.0 Å². The lowest BCUT2D eigenvalue weighted by atomic mass is 9.44. The largest absolute Gasteiger partial charge is 0.298 e. The van der Waals surface area contributed by atoms with Gasteiger partial charge in [-0.1, -0.05) is 22.9 Å². The summed E-state index contributed by atoms with van der Waals surface area (Å²) in [4.78, 5) is 12.2. The molecule has 0 heterocycles. The molecule has 3 unspecified atom stereocenters. The molecule has 1 nitrogen and oxygen atoms in total. The number of carbonyl (C=O) groups excluding carboxylic acids is 1. The van der Waals surface area contributed by atoms with E-state index in [0.717, 1.165) is 17.8 Å². The van der Waals surface area contributed by atoms with Gasteiger partial charge < -0.3 is 0 Å². The van der Waals surface area contributed by atoms with E-state index in [2.05, 4.69) is 22.9 Å². The van der Waals surface area contributed by atoms with Crippen molar-refractivity contribution in [1.82, 2.24) is 0 Å². The predicted octanol–water partition coefficient (Wildman–Crippen LogP) is 3.41. The van der Waals surface area contributed by atoms with Crippen LogP contribution in [0.25, 0.3) is 0 Å². The highest BCUT2D eigenvalue weighted by atomic mass is 79.9. The molecule has 0 amide bonds. The lowest BCUT2D eigenvalue weighted by Crippen LogP contribution is -2.55. The third-order valence-electron chi connectivity index (χ3n) is 5.50. The molecule has 2 heteroatoms. The van der Waals surface area contributed by atoms with Crippen LogP contribution in [0.15, 0.2) is 0 Å². The molecule has 0 aliphatic heterocycles. The Kier molecular flexibility index (Phi) is 2.28. The fourth-order valence-corrected chi connectivity index (χ4v) is 5.47. The fourth-order valence-electron chi connectivity index (χ4n) is 4.91. The zero-order valence-electron chi connectivity index (χ0n) is 9.34. The van der Waals surface area contributed by atoms with Gasteiger partial charge in [0, 0.05) is 5.41 Å². The molecule has 0 radical (unpaired) electrons. The molecule has 4 fully saturated rings. The van der Waals surface area contributed by atoms with E-state index in [1.807, 2.05) is 0 Å². The monoisotopic (exact) mass is 270 g/mol. The first-order valence-corrected chi connectivity index (χ1v) is 7.37. The van der Waals surface area contributed by atoms with E-state index in [1.165, 1.54) is 32.1 Å². The molecule has 0 aromatic heterocycles. The number of hydrogen-bond acceptors (Lipinski definition) is 1. The number of Topliss-reactive ketones (excluding diaryl/α,β-unsaturated/α-hetero) is 1. The van der Waals surface area contributed by atoms with Crippen LogP contribution in [0.2, 0.25) is 0 Å². The van der Waals surface area contributed by atoms with Gasteiger partial charge in [-0.05, 0) is 55.8 Å². The van der Waals surface area contributed by atoms with Crippen molar-refractivity contribution in [2.24, 2.45) is 29.1 Å². The Bertz CT molecular complexity index is 285. The second-order valence-electron chi connectivity index (χ2n) is 6.11. The SMILES string of the molecule is CC1C2CC3CC(C2)CC1(C(=O)CBr)C3. The van der Waals surface area contributed by atoms with Gasteiger partial charge in [-0.15, -0.1) is 0 Å². The van der Waals surface area contributed by atoms with E-state index in [9.17, 15) is 4.79 Å². The average Bonchev–Trinajstić information content (AvgIpc) is 2.23. The molecule has 84 valence electrons. The molecule has 4 aliphatic carbocycles. The van der Waals surface area contributed by atoms with Gasteiger partial charge in [0.05, 0.1) is 5.33 Å². The summed E-state index contributed by atoms with van der Waals surface area (Å²) in [5.41, 5.74) is 0.0816. The minimum absolute atomic E-state index is 0.0816. The van der Waals surface area contributed by atoms with Crippen molar-refractivity contribution >= 4 is 21.7 Å². The number of halogens is 1. The zero-order chi connectivity index (χ0) is 10.6. The first-order chi connectivity index (χ1) is 7.15. The van der Waals surface area contributed by atoms with Crippen molar-refractivity contribution in [2.75, 3.05) is 5.33 Å². The van der Waals surface area contributed by atoms with E-state index in [4.69, 9.17) is 0 Å². The third-order valence-corrected chi connectivity index (χ3v) is 6.01. The summed E-state index contributed by atoms with van der Waals surface area (Å²) in [6.07, 6.45) is 6.64. The van der Waals surface area contributed by atoms with Gasteiger partial charge in [0.2, 0.25) is 0 Å². The summed E-state index contributed by atoms with van der Waals surface area (Å²) in [6.45, 7) is 2.34. The summed E-state index contributed by atoms with van der Waals surface area (Å²) >= 11 is 3.38. The molecule has 0 aromatic rings. The number of ketones is 1. The van der Waals surface area contributed by atoms with E-state index in [1.54, 1.807) is 0 Å². The Morgan fingerprint density at radius 1 is 1.27 bits per heavy atom. The molecule has 4 bridgehead atoms. The van der Waals surface area contributed by atoms with Crippen molar-refractivity contribution in [3.8, 4) is 0 Å². The Hall–Kier alpha value is 0.150. The van der Waals surface area contributed by atoms with E-state index in [0.29, 0.717) is 17.0 Å². The summed E-state index contributed by atoms with van der Waals surface area (Å²) in [6, 6.07) is 0. The Balaban J connectivity index is 1.97. The molecule has 3 atom stereocenters. The van der Waals surface area contributed by atoms with Crippen LogP contribution in [0.3, 0.4) is 0 Å². The maximum atomic E-state index is 12.2. The van der Waals surface area contributed by atoms with Crippen molar-refractivity contribution in [2.45, 2.75) is 39.0 Å². The molecule has 0 N–H and O–H groups in total. The summed E-state index contributed by atoms with van der Waals surface area (Å²) < 4.78 is 0. The molecule has 4 rings (SSSR count). The Labute approximate surface area is 100 Å². The molecule has 0 aromatic carbocycles. The highest BCUT2D eigenvalue weighted by molar-refractivity contribution is 9.09. The van der Waals surface area contributed by atoms with Gasteiger partial charge in [0.25, 0.3) is 0 Å². The van der Waals surface area contributed by atoms with Crippen LogP contribution >= 0.6 is 15.9 Å². The molecule has 4 aliphatic rings. The third kappa shape index (κ3) is 1.30.